The Morgan fingerprint density at radius 1 is 0.971 bits per heavy atom. The third kappa shape index (κ3) is 7.38. The van der Waals surface area contributed by atoms with Crippen molar-refractivity contribution in [3.05, 3.63) is 93.5 Å². The van der Waals surface area contributed by atoms with Crippen LogP contribution >= 0.6 is 23.2 Å². The van der Waals surface area contributed by atoms with E-state index in [0.29, 0.717) is 33.4 Å². The van der Waals surface area contributed by atoms with Gasteiger partial charge in [0.05, 0.1) is 24.6 Å². The van der Waals surface area contributed by atoms with E-state index in [9.17, 15) is 13.2 Å². The van der Waals surface area contributed by atoms with Crippen LogP contribution in [0.3, 0.4) is 0 Å². The van der Waals surface area contributed by atoms with Gasteiger partial charge in [-0.05, 0) is 67.4 Å². The first-order chi connectivity index (χ1) is 16.0. The van der Waals surface area contributed by atoms with Gasteiger partial charge in [-0.3, -0.25) is 9.10 Å². The summed E-state index contributed by atoms with van der Waals surface area (Å²) in [5, 5.41) is 3.56. The third-order valence-corrected chi connectivity index (χ3v) is 6.38. The number of anilines is 1. The van der Waals surface area contributed by atoms with Gasteiger partial charge >= 0.3 is 0 Å². The fourth-order valence-electron chi connectivity index (χ4n) is 3.30. The Labute approximate surface area is 210 Å². The van der Waals surface area contributed by atoms with Gasteiger partial charge in [0, 0.05) is 22.2 Å². The maximum absolute atomic E-state index is 12.6. The smallest absolute Gasteiger partial charge is 0.251 e. The third-order valence-electron chi connectivity index (χ3n) is 4.80. The molecule has 0 saturated carbocycles. The van der Waals surface area contributed by atoms with Crippen molar-refractivity contribution in [3.63, 3.8) is 0 Å². The highest BCUT2D eigenvalue weighted by Crippen LogP contribution is 2.28. The highest BCUT2D eigenvalue weighted by atomic mass is 35.5. The molecule has 9 heteroatoms. The van der Waals surface area contributed by atoms with Gasteiger partial charge in [-0.2, -0.15) is 0 Å². The van der Waals surface area contributed by atoms with Gasteiger partial charge in [0.25, 0.3) is 5.91 Å². The zero-order chi connectivity index (χ0) is 24.9. The van der Waals surface area contributed by atoms with E-state index in [4.69, 9.17) is 27.9 Å². The molecule has 0 spiro atoms. The molecule has 0 unspecified atom stereocenters. The van der Waals surface area contributed by atoms with Gasteiger partial charge in [0.2, 0.25) is 10.0 Å². The Balaban J connectivity index is 1.68. The zero-order valence-corrected chi connectivity index (χ0v) is 21.4. The van der Waals surface area contributed by atoms with Crippen molar-refractivity contribution >= 4 is 44.8 Å². The fraction of sp³-hybridized carbons (Fsp3) is 0.240. The summed E-state index contributed by atoms with van der Waals surface area (Å²) in [5.41, 5.74) is 2.46. The number of nitrogens with zero attached hydrogens (tertiary/aromatic N) is 1. The minimum Gasteiger partial charge on any atom is -0.491 e. The van der Waals surface area contributed by atoms with Gasteiger partial charge < -0.3 is 10.1 Å². The highest BCUT2D eigenvalue weighted by molar-refractivity contribution is 7.92. The van der Waals surface area contributed by atoms with E-state index in [0.717, 1.165) is 17.6 Å². The molecule has 0 bridgehead atoms. The summed E-state index contributed by atoms with van der Waals surface area (Å²) in [7, 11) is -3.60. The number of halogens is 2. The molecule has 0 aliphatic carbocycles. The van der Waals surface area contributed by atoms with Crippen molar-refractivity contribution in [2.24, 2.45) is 0 Å². The monoisotopic (exact) mass is 520 g/mol. The number of benzene rings is 3. The molecule has 0 radical (unpaired) electrons. The summed E-state index contributed by atoms with van der Waals surface area (Å²) in [4.78, 5) is 12.6. The molecule has 0 saturated heterocycles. The standard InChI is InChI=1S/C25H26Cl2N2O4S/c1-17(2)33-24-6-4-5-19(11-24)15-28-25(30)20-9-7-18(8-10-20)16-29(34(3,31)32)23-13-21(26)12-22(27)14-23/h4-14,17H,15-16H2,1-3H3,(H,28,30). The number of hydrogen-bond donors (Lipinski definition) is 1. The Bertz CT molecular complexity index is 1240. The molecule has 180 valence electrons. The number of nitrogens with one attached hydrogen (secondary N) is 1. The number of carbonyl (C=O) groups excluding carboxylic acids is 1. The topological polar surface area (TPSA) is 75.7 Å². The van der Waals surface area contributed by atoms with Crippen molar-refractivity contribution in [2.45, 2.75) is 33.0 Å². The molecule has 3 rings (SSSR count). The second kappa shape index (κ2) is 11.1. The van der Waals surface area contributed by atoms with Crippen LogP contribution in [0.2, 0.25) is 10.0 Å². The summed E-state index contributed by atoms with van der Waals surface area (Å²) in [6.45, 7) is 4.34. The van der Waals surface area contributed by atoms with E-state index in [1.54, 1.807) is 24.3 Å². The maximum Gasteiger partial charge on any atom is 0.251 e. The van der Waals surface area contributed by atoms with E-state index in [2.05, 4.69) is 5.32 Å². The molecule has 34 heavy (non-hydrogen) atoms. The lowest BCUT2D eigenvalue weighted by molar-refractivity contribution is 0.0950. The van der Waals surface area contributed by atoms with Crippen LogP contribution in [0, 0.1) is 0 Å². The van der Waals surface area contributed by atoms with Gasteiger partial charge in [-0.1, -0.05) is 47.5 Å². The van der Waals surface area contributed by atoms with Gasteiger partial charge in [0.1, 0.15) is 5.75 Å². The minimum absolute atomic E-state index is 0.0674. The molecule has 0 aliphatic heterocycles. The largest absolute Gasteiger partial charge is 0.491 e. The fourth-order valence-corrected chi connectivity index (χ4v) is 4.68. The Kier molecular flexibility index (Phi) is 8.47. The number of amides is 1. The van der Waals surface area contributed by atoms with Crippen molar-refractivity contribution in [3.8, 4) is 5.75 Å². The molecule has 0 fully saturated rings. The first-order valence-corrected chi connectivity index (χ1v) is 13.2. The molecular formula is C25H26Cl2N2O4S. The Morgan fingerprint density at radius 3 is 2.21 bits per heavy atom. The molecular weight excluding hydrogens is 495 g/mol. The SMILES string of the molecule is CC(C)Oc1cccc(CNC(=O)c2ccc(CN(c3cc(Cl)cc(Cl)c3)S(C)(=O)=O)cc2)c1. The molecule has 6 nitrogen and oxygen atoms in total. The lowest BCUT2D eigenvalue weighted by atomic mass is 10.1. The first-order valence-electron chi connectivity index (χ1n) is 10.6. The molecule has 0 atom stereocenters. The van der Waals surface area contributed by atoms with Gasteiger partial charge in [0.15, 0.2) is 0 Å². The summed E-state index contributed by atoms with van der Waals surface area (Å²) in [6, 6.07) is 18.9. The van der Waals surface area contributed by atoms with Crippen molar-refractivity contribution in [1.82, 2.24) is 5.32 Å². The quantitative estimate of drug-likeness (QED) is 0.393. The van der Waals surface area contributed by atoms with Crippen LogP contribution in [0.25, 0.3) is 0 Å². The molecule has 0 aliphatic rings. The maximum atomic E-state index is 12.6. The molecule has 1 amide bonds. The Hall–Kier alpha value is -2.74. The van der Waals surface area contributed by atoms with Crippen LogP contribution < -0.4 is 14.4 Å². The second-order valence-corrected chi connectivity index (χ2v) is 10.9. The lowest BCUT2D eigenvalue weighted by Crippen LogP contribution is -2.29. The molecule has 0 aromatic heterocycles. The van der Waals surface area contributed by atoms with Crippen molar-refractivity contribution in [1.29, 1.82) is 0 Å². The average molecular weight is 521 g/mol. The molecule has 3 aromatic carbocycles. The first kappa shape index (κ1) is 25.9. The van der Waals surface area contributed by atoms with Crippen LogP contribution in [0.5, 0.6) is 5.75 Å². The van der Waals surface area contributed by atoms with E-state index in [1.807, 2.05) is 38.1 Å². The van der Waals surface area contributed by atoms with E-state index in [1.165, 1.54) is 22.5 Å². The lowest BCUT2D eigenvalue weighted by Gasteiger charge is -2.23. The minimum atomic E-state index is -3.60. The summed E-state index contributed by atoms with van der Waals surface area (Å²) in [5.74, 6) is 0.519. The number of ether oxygens (including phenoxy) is 1. The number of rotatable bonds is 9. The van der Waals surface area contributed by atoms with Crippen LogP contribution in [-0.2, 0) is 23.1 Å². The van der Waals surface area contributed by atoms with Crippen molar-refractivity contribution in [2.75, 3.05) is 10.6 Å². The van der Waals surface area contributed by atoms with Crippen LogP contribution in [0.4, 0.5) is 5.69 Å². The predicted molar refractivity (Wildman–Crippen MR) is 137 cm³/mol. The second-order valence-electron chi connectivity index (χ2n) is 8.09. The van der Waals surface area contributed by atoms with E-state index in [-0.39, 0.29) is 18.6 Å². The van der Waals surface area contributed by atoms with Crippen LogP contribution in [-0.4, -0.2) is 26.7 Å². The summed E-state index contributed by atoms with van der Waals surface area (Å²) < 4.78 is 31.7. The molecule has 0 heterocycles. The number of carbonyl (C=O) groups is 1. The predicted octanol–water partition coefficient (Wildman–Crippen LogP) is 5.68. The van der Waals surface area contributed by atoms with Gasteiger partial charge in [-0.25, -0.2) is 8.42 Å². The molecule has 1 N–H and O–H groups in total. The van der Waals surface area contributed by atoms with E-state index < -0.39 is 10.0 Å². The van der Waals surface area contributed by atoms with Crippen LogP contribution in [0.15, 0.2) is 66.7 Å². The van der Waals surface area contributed by atoms with E-state index >= 15 is 0 Å². The van der Waals surface area contributed by atoms with Crippen LogP contribution in [0.1, 0.15) is 35.3 Å². The normalized spacial score (nSPS) is 11.4. The summed E-state index contributed by atoms with van der Waals surface area (Å²) >= 11 is 12.1. The zero-order valence-electron chi connectivity index (χ0n) is 19.1. The number of sulfonamides is 1. The average Bonchev–Trinajstić information content (AvgIpc) is 2.74. The molecule has 3 aromatic rings. The summed E-state index contributed by atoms with van der Waals surface area (Å²) in [6.07, 6.45) is 1.18. The highest BCUT2D eigenvalue weighted by Gasteiger charge is 2.19. The van der Waals surface area contributed by atoms with Crippen molar-refractivity contribution < 1.29 is 17.9 Å². The number of hydrogen-bond acceptors (Lipinski definition) is 4. The van der Waals surface area contributed by atoms with Gasteiger partial charge in [-0.15, -0.1) is 0 Å². The Morgan fingerprint density at radius 2 is 1.62 bits per heavy atom.